The van der Waals surface area contributed by atoms with E-state index in [1.807, 2.05) is 6.92 Å². The van der Waals surface area contributed by atoms with Crippen molar-refractivity contribution >= 4 is 51.6 Å². The molecule has 0 radical (unpaired) electrons. The van der Waals surface area contributed by atoms with Gasteiger partial charge in [0.2, 0.25) is 5.91 Å². The second-order valence-corrected chi connectivity index (χ2v) is 7.62. The molecule has 5 nitrogen and oxygen atoms in total. The standard InChI is InChI=1S/C20H18Cl3N3O2/c1-2-8-26(19(27)10-14-15(22)4-3-5-16(14)23)11-18-24-17-9-12(21)6-7-13(17)20(28)25-18/h3-7,9H,2,8,10-11H2,1H3,(H,24,25,28). The Morgan fingerprint density at radius 2 is 1.86 bits per heavy atom. The molecule has 0 fully saturated rings. The van der Waals surface area contributed by atoms with Crippen LogP contribution in [0.4, 0.5) is 0 Å². The molecule has 0 spiro atoms. The van der Waals surface area contributed by atoms with Crippen molar-refractivity contribution in [3.63, 3.8) is 0 Å². The Morgan fingerprint density at radius 3 is 2.54 bits per heavy atom. The van der Waals surface area contributed by atoms with Crippen molar-refractivity contribution in [3.8, 4) is 0 Å². The number of hydrogen-bond acceptors (Lipinski definition) is 3. The molecular formula is C20H18Cl3N3O2. The van der Waals surface area contributed by atoms with Gasteiger partial charge >= 0.3 is 0 Å². The Bertz CT molecular complexity index is 1060. The van der Waals surface area contributed by atoms with Crippen LogP contribution in [0, 0.1) is 0 Å². The van der Waals surface area contributed by atoms with Crippen LogP contribution < -0.4 is 5.56 Å². The number of carbonyl (C=O) groups excluding carboxylic acids is 1. The number of rotatable bonds is 6. The lowest BCUT2D eigenvalue weighted by Gasteiger charge is -2.22. The third-order valence-corrected chi connectivity index (χ3v) is 5.24. The van der Waals surface area contributed by atoms with Crippen molar-refractivity contribution < 1.29 is 4.79 Å². The molecule has 0 atom stereocenters. The molecule has 3 aromatic rings. The number of carbonyl (C=O) groups is 1. The Balaban J connectivity index is 1.87. The van der Waals surface area contributed by atoms with Gasteiger partial charge in [0.15, 0.2) is 0 Å². The van der Waals surface area contributed by atoms with Crippen molar-refractivity contribution in [2.24, 2.45) is 0 Å². The zero-order chi connectivity index (χ0) is 20.3. The molecule has 0 saturated carbocycles. The largest absolute Gasteiger partial charge is 0.335 e. The van der Waals surface area contributed by atoms with Gasteiger partial charge in [-0.1, -0.05) is 47.8 Å². The maximum absolute atomic E-state index is 12.9. The summed E-state index contributed by atoms with van der Waals surface area (Å²) in [7, 11) is 0. The number of hydrogen-bond donors (Lipinski definition) is 1. The first-order valence-electron chi connectivity index (χ1n) is 8.78. The molecule has 1 N–H and O–H groups in total. The van der Waals surface area contributed by atoms with E-state index in [1.165, 1.54) is 0 Å². The average molecular weight is 439 g/mol. The van der Waals surface area contributed by atoms with Crippen LogP contribution in [0.1, 0.15) is 24.7 Å². The van der Waals surface area contributed by atoms with Crippen LogP contribution >= 0.6 is 34.8 Å². The highest BCUT2D eigenvalue weighted by Crippen LogP contribution is 2.25. The monoisotopic (exact) mass is 437 g/mol. The second-order valence-electron chi connectivity index (χ2n) is 6.37. The zero-order valence-electron chi connectivity index (χ0n) is 15.1. The van der Waals surface area contributed by atoms with Gasteiger partial charge in [-0.05, 0) is 42.3 Å². The Labute approximate surface area is 177 Å². The highest BCUT2D eigenvalue weighted by Gasteiger charge is 2.18. The van der Waals surface area contributed by atoms with Crippen LogP contribution in [0.25, 0.3) is 10.9 Å². The number of aromatic nitrogens is 2. The first-order valence-corrected chi connectivity index (χ1v) is 9.91. The first kappa shape index (κ1) is 20.6. The summed E-state index contributed by atoms with van der Waals surface area (Å²) in [6.45, 7) is 2.66. The van der Waals surface area contributed by atoms with E-state index in [0.29, 0.717) is 43.9 Å². The summed E-state index contributed by atoms with van der Waals surface area (Å²) >= 11 is 18.4. The zero-order valence-corrected chi connectivity index (χ0v) is 17.4. The van der Waals surface area contributed by atoms with E-state index in [1.54, 1.807) is 41.3 Å². The predicted molar refractivity (Wildman–Crippen MR) is 113 cm³/mol. The van der Waals surface area contributed by atoms with Crippen molar-refractivity contribution in [1.29, 1.82) is 0 Å². The number of aromatic amines is 1. The Hall–Kier alpha value is -2.08. The fourth-order valence-corrected chi connectivity index (χ4v) is 3.64. The molecular weight excluding hydrogens is 421 g/mol. The highest BCUT2D eigenvalue weighted by atomic mass is 35.5. The minimum atomic E-state index is -0.269. The SMILES string of the molecule is CCCN(Cc1nc2cc(Cl)ccc2c(=O)[nH]1)C(=O)Cc1c(Cl)cccc1Cl. The summed E-state index contributed by atoms with van der Waals surface area (Å²) < 4.78 is 0. The fraction of sp³-hybridized carbons (Fsp3) is 0.250. The van der Waals surface area contributed by atoms with Crippen molar-refractivity contribution in [2.45, 2.75) is 26.3 Å². The van der Waals surface area contributed by atoms with Gasteiger partial charge < -0.3 is 9.88 Å². The van der Waals surface area contributed by atoms with Gasteiger partial charge in [-0.3, -0.25) is 9.59 Å². The van der Waals surface area contributed by atoms with Gasteiger partial charge in [0.05, 0.1) is 23.9 Å². The van der Waals surface area contributed by atoms with Gasteiger partial charge in [0.25, 0.3) is 5.56 Å². The quantitative estimate of drug-likeness (QED) is 0.597. The van der Waals surface area contributed by atoms with Crippen molar-refractivity contribution in [3.05, 3.63) is 73.2 Å². The Kier molecular flexibility index (Phi) is 6.60. The molecule has 0 saturated heterocycles. The van der Waals surface area contributed by atoms with E-state index in [-0.39, 0.29) is 24.4 Å². The molecule has 28 heavy (non-hydrogen) atoms. The number of amides is 1. The molecule has 3 rings (SSSR count). The molecule has 1 heterocycles. The van der Waals surface area contributed by atoms with Gasteiger partial charge in [0, 0.05) is 21.6 Å². The highest BCUT2D eigenvalue weighted by molar-refractivity contribution is 6.36. The number of H-pyrrole nitrogens is 1. The molecule has 0 aliphatic carbocycles. The number of fused-ring (bicyclic) bond motifs is 1. The summed E-state index contributed by atoms with van der Waals surface area (Å²) in [6.07, 6.45) is 0.827. The third-order valence-electron chi connectivity index (χ3n) is 4.29. The minimum Gasteiger partial charge on any atom is -0.335 e. The van der Waals surface area contributed by atoms with Crippen LogP contribution in [0.5, 0.6) is 0 Å². The topological polar surface area (TPSA) is 66.1 Å². The minimum absolute atomic E-state index is 0.0716. The summed E-state index contributed by atoms with van der Waals surface area (Å²) in [4.78, 5) is 34.0. The van der Waals surface area contributed by atoms with Gasteiger partial charge in [-0.25, -0.2) is 4.98 Å². The average Bonchev–Trinajstić information content (AvgIpc) is 2.64. The maximum atomic E-state index is 12.9. The van der Waals surface area contributed by atoms with Crippen LogP contribution in [-0.2, 0) is 17.8 Å². The number of nitrogens with one attached hydrogen (secondary N) is 1. The molecule has 146 valence electrons. The van der Waals surface area contributed by atoms with E-state index < -0.39 is 0 Å². The first-order chi connectivity index (χ1) is 13.4. The summed E-state index contributed by atoms with van der Waals surface area (Å²) in [5, 5.41) is 1.84. The predicted octanol–water partition coefficient (Wildman–Crippen LogP) is 4.86. The van der Waals surface area contributed by atoms with Crippen molar-refractivity contribution in [2.75, 3.05) is 6.54 Å². The summed E-state index contributed by atoms with van der Waals surface area (Å²) in [5.74, 6) is 0.248. The molecule has 1 amide bonds. The molecule has 0 aliphatic rings. The third kappa shape index (κ3) is 4.66. The van der Waals surface area contributed by atoms with Gasteiger partial charge in [0.1, 0.15) is 5.82 Å². The van der Waals surface area contributed by atoms with Crippen LogP contribution in [-0.4, -0.2) is 27.3 Å². The maximum Gasteiger partial charge on any atom is 0.258 e. The lowest BCUT2D eigenvalue weighted by molar-refractivity contribution is -0.131. The Morgan fingerprint density at radius 1 is 1.14 bits per heavy atom. The molecule has 1 aromatic heterocycles. The van der Waals surface area contributed by atoms with E-state index in [9.17, 15) is 9.59 Å². The molecule has 0 bridgehead atoms. The van der Waals surface area contributed by atoms with Crippen molar-refractivity contribution in [1.82, 2.24) is 14.9 Å². The van der Waals surface area contributed by atoms with E-state index in [0.717, 1.165) is 6.42 Å². The number of nitrogens with zero attached hydrogens (tertiary/aromatic N) is 2. The molecule has 0 unspecified atom stereocenters. The molecule has 0 aliphatic heterocycles. The van der Waals surface area contributed by atoms with E-state index in [2.05, 4.69) is 9.97 Å². The lowest BCUT2D eigenvalue weighted by Crippen LogP contribution is -2.34. The van der Waals surface area contributed by atoms with E-state index >= 15 is 0 Å². The normalized spacial score (nSPS) is 11.0. The number of halogens is 3. The fourth-order valence-electron chi connectivity index (χ4n) is 2.94. The van der Waals surface area contributed by atoms with Gasteiger partial charge in [-0.2, -0.15) is 0 Å². The summed E-state index contributed by atoms with van der Waals surface area (Å²) in [6, 6.07) is 10.0. The lowest BCUT2D eigenvalue weighted by atomic mass is 10.1. The van der Waals surface area contributed by atoms with Crippen LogP contribution in [0.15, 0.2) is 41.2 Å². The van der Waals surface area contributed by atoms with E-state index in [4.69, 9.17) is 34.8 Å². The number of benzene rings is 2. The smallest absolute Gasteiger partial charge is 0.258 e. The van der Waals surface area contributed by atoms with Gasteiger partial charge in [-0.15, -0.1) is 0 Å². The second kappa shape index (κ2) is 8.95. The molecule has 2 aromatic carbocycles. The molecule has 8 heteroatoms. The van der Waals surface area contributed by atoms with Crippen LogP contribution in [0.3, 0.4) is 0 Å². The van der Waals surface area contributed by atoms with Crippen LogP contribution in [0.2, 0.25) is 15.1 Å². The summed E-state index contributed by atoms with van der Waals surface area (Å²) in [5.41, 5.74) is 0.808.